The minimum absolute atomic E-state index is 0.932. The van der Waals surface area contributed by atoms with Gasteiger partial charge in [0.2, 0.25) is 0 Å². The molecule has 2 nitrogen and oxygen atoms in total. The predicted octanol–water partition coefficient (Wildman–Crippen LogP) is 4.58. The average molecular weight is 302 g/mol. The monoisotopic (exact) mass is 301 g/mol. The summed E-state index contributed by atoms with van der Waals surface area (Å²) in [5.41, 5.74) is 0. The van der Waals surface area contributed by atoms with E-state index < -0.39 is 0 Å². The lowest BCUT2D eigenvalue weighted by Gasteiger charge is -2.25. The molecule has 0 N–H and O–H groups in total. The molecule has 0 amide bonds. The Hall–Kier alpha value is 0.270. The number of rotatable bonds is 13. The normalized spacial score (nSPS) is 16.6. The lowest BCUT2D eigenvalue weighted by molar-refractivity contribution is 0.104. The Bertz CT molecular complexity index is 195. The van der Waals surface area contributed by atoms with E-state index >= 15 is 0 Å². The van der Waals surface area contributed by atoms with Gasteiger partial charge in [-0.2, -0.15) is 11.8 Å². The highest BCUT2D eigenvalue weighted by molar-refractivity contribution is 7.99. The molecule has 1 rings (SSSR count). The van der Waals surface area contributed by atoms with E-state index in [9.17, 15) is 0 Å². The van der Waals surface area contributed by atoms with Crippen LogP contribution in [0.15, 0.2) is 0 Å². The molecule has 120 valence electrons. The van der Waals surface area contributed by atoms with E-state index in [1.165, 1.54) is 82.4 Å². The summed E-state index contributed by atoms with van der Waals surface area (Å²) in [6, 6.07) is 0. The quantitative estimate of drug-likeness (QED) is 0.462. The van der Waals surface area contributed by atoms with Crippen LogP contribution in [0.1, 0.15) is 64.7 Å². The number of nitrogens with zero attached hydrogens (tertiary/aromatic N) is 1. The van der Waals surface area contributed by atoms with Gasteiger partial charge in [0.1, 0.15) is 0 Å². The number of thioether (sulfide) groups is 1. The Labute approximate surface area is 131 Å². The highest BCUT2D eigenvalue weighted by Crippen LogP contribution is 2.10. The summed E-state index contributed by atoms with van der Waals surface area (Å²) < 4.78 is 5.75. The SMILES string of the molecule is CCCCCCCCCCCOCCN1CCSCC1. The van der Waals surface area contributed by atoms with Crippen molar-refractivity contribution >= 4 is 11.8 Å². The highest BCUT2D eigenvalue weighted by atomic mass is 32.2. The van der Waals surface area contributed by atoms with Crippen LogP contribution in [0.5, 0.6) is 0 Å². The van der Waals surface area contributed by atoms with Gasteiger partial charge in [-0.05, 0) is 6.42 Å². The van der Waals surface area contributed by atoms with Crippen molar-refractivity contribution in [1.82, 2.24) is 4.90 Å². The molecule has 0 spiro atoms. The van der Waals surface area contributed by atoms with E-state index in [1.54, 1.807) is 0 Å². The first-order valence-corrected chi connectivity index (χ1v) is 9.97. The molecular formula is C17H35NOS. The molecule has 1 aliphatic rings. The standard InChI is InChI=1S/C17H35NOS/c1-2-3-4-5-6-7-8-9-10-14-19-15-11-18-12-16-20-17-13-18/h2-17H2,1H3. The van der Waals surface area contributed by atoms with Crippen molar-refractivity contribution < 1.29 is 4.74 Å². The van der Waals surface area contributed by atoms with Crippen LogP contribution >= 0.6 is 11.8 Å². The molecule has 0 aliphatic carbocycles. The molecule has 0 saturated carbocycles. The van der Waals surface area contributed by atoms with Gasteiger partial charge in [-0.1, -0.05) is 58.3 Å². The van der Waals surface area contributed by atoms with Gasteiger partial charge in [0.15, 0.2) is 0 Å². The van der Waals surface area contributed by atoms with Crippen molar-refractivity contribution in [3.05, 3.63) is 0 Å². The Morgan fingerprint density at radius 1 is 0.800 bits per heavy atom. The first-order valence-electron chi connectivity index (χ1n) is 8.81. The third-order valence-corrected chi connectivity index (χ3v) is 4.99. The van der Waals surface area contributed by atoms with Crippen molar-refractivity contribution in [3.8, 4) is 0 Å². The van der Waals surface area contributed by atoms with Crippen molar-refractivity contribution in [3.63, 3.8) is 0 Å². The van der Waals surface area contributed by atoms with Gasteiger partial charge in [0.05, 0.1) is 6.61 Å². The fourth-order valence-electron chi connectivity index (χ4n) is 2.64. The molecule has 1 aliphatic heterocycles. The topological polar surface area (TPSA) is 12.5 Å². The van der Waals surface area contributed by atoms with Crippen molar-refractivity contribution in [2.24, 2.45) is 0 Å². The van der Waals surface area contributed by atoms with E-state index in [2.05, 4.69) is 23.6 Å². The maximum atomic E-state index is 5.75. The molecule has 0 aromatic rings. The van der Waals surface area contributed by atoms with Crippen LogP contribution < -0.4 is 0 Å². The predicted molar refractivity (Wildman–Crippen MR) is 91.8 cm³/mol. The van der Waals surface area contributed by atoms with Crippen molar-refractivity contribution in [1.29, 1.82) is 0 Å². The molecule has 0 aromatic carbocycles. The zero-order valence-electron chi connectivity index (χ0n) is 13.6. The van der Waals surface area contributed by atoms with Gasteiger partial charge in [-0.15, -0.1) is 0 Å². The smallest absolute Gasteiger partial charge is 0.0593 e. The van der Waals surface area contributed by atoms with Gasteiger partial charge in [0, 0.05) is 37.7 Å². The molecule has 3 heteroatoms. The Morgan fingerprint density at radius 3 is 2.05 bits per heavy atom. The molecule has 1 fully saturated rings. The average Bonchev–Trinajstić information content (AvgIpc) is 2.49. The third-order valence-electron chi connectivity index (χ3n) is 4.05. The van der Waals surface area contributed by atoms with E-state index in [0.717, 1.165) is 19.8 Å². The number of hydrogen-bond donors (Lipinski definition) is 0. The summed E-state index contributed by atoms with van der Waals surface area (Å²) in [6.07, 6.45) is 12.5. The zero-order chi connectivity index (χ0) is 14.3. The van der Waals surface area contributed by atoms with Crippen LogP contribution in [0.2, 0.25) is 0 Å². The first-order chi connectivity index (χ1) is 9.93. The Kier molecular flexibility index (Phi) is 13.0. The highest BCUT2D eigenvalue weighted by Gasteiger charge is 2.08. The second kappa shape index (κ2) is 14.2. The summed E-state index contributed by atoms with van der Waals surface area (Å²) >= 11 is 2.08. The van der Waals surface area contributed by atoms with Crippen LogP contribution in [0.25, 0.3) is 0 Å². The van der Waals surface area contributed by atoms with Gasteiger partial charge in [0.25, 0.3) is 0 Å². The summed E-state index contributed by atoms with van der Waals surface area (Å²) in [7, 11) is 0. The molecule has 0 aromatic heterocycles. The first kappa shape index (κ1) is 18.3. The number of unbranched alkanes of at least 4 members (excludes halogenated alkanes) is 8. The van der Waals surface area contributed by atoms with E-state index in [0.29, 0.717) is 0 Å². The Balaban J connectivity index is 1.70. The molecule has 0 radical (unpaired) electrons. The lowest BCUT2D eigenvalue weighted by atomic mass is 10.1. The zero-order valence-corrected chi connectivity index (χ0v) is 14.4. The largest absolute Gasteiger partial charge is 0.380 e. The van der Waals surface area contributed by atoms with Crippen molar-refractivity contribution in [2.75, 3.05) is 44.4 Å². The molecule has 0 atom stereocenters. The number of hydrogen-bond acceptors (Lipinski definition) is 3. The van der Waals surface area contributed by atoms with Gasteiger partial charge in [-0.25, -0.2) is 0 Å². The molecule has 1 saturated heterocycles. The third kappa shape index (κ3) is 11.0. The molecule has 20 heavy (non-hydrogen) atoms. The molecule has 1 heterocycles. The van der Waals surface area contributed by atoms with Gasteiger partial charge in [-0.3, -0.25) is 4.90 Å². The second-order valence-electron chi connectivity index (χ2n) is 5.89. The lowest BCUT2D eigenvalue weighted by Crippen LogP contribution is -2.35. The van der Waals surface area contributed by atoms with Gasteiger partial charge < -0.3 is 4.74 Å². The van der Waals surface area contributed by atoms with Crippen LogP contribution in [-0.4, -0.2) is 49.3 Å². The maximum absolute atomic E-state index is 5.75. The van der Waals surface area contributed by atoms with Crippen LogP contribution in [0, 0.1) is 0 Å². The minimum atomic E-state index is 0.932. The maximum Gasteiger partial charge on any atom is 0.0593 e. The summed E-state index contributed by atoms with van der Waals surface area (Å²) in [4.78, 5) is 2.53. The summed E-state index contributed by atoms with van der Waals surface area (Å²) in [6.45, 7) is 7.83. The molecular weight excluding hydrogens is 266 g/mol. The van der Waals surface area contributed by atoms with Crippen LogP contribution in [0.3, 0.4) is 0 Å². The van der Waals surface area contributed by atoms with Crippen LogP contribution in [0.4, 0.5) is 0 Å². The van der Waals surface area contributed by atoms with E-state index in [4.69, 9.17) is 4.74 Å². The Morgan fingerprint density at radius 2 is 1.40 bits per heavy atom. The minimum Gasteiger partial charge on any atom is -0.380 e. The molecule has 0 bridgehead atoms. The van der Waals surface area contributed by atoms with Crippen molar-refractivity contribution in [2.45, 2.75) is 64.7 Å². The van der Waals surface area contributed by atoms with Crippen LogP contribution in [-0.2, 0) is 4.74 Å². The van der Waals surface area contributed by atoms with E-state index in [-0.39, 0.29) is 0 Å². The fraction of sp³-hybridized carbons (Fsp3) is 1.00. The fourth-order valence-corrected chi connectivity index (χ4v) is 3.61. The van der Waals surface area contributed by atoms with Gasteiger partial charge >= 0.3 is 0 Å². The summed E-state index contributed by atoms with van der Waals surface area (Å²) in [5.74, 6) is 2.61. The van der Waals surface area contributed by atoms with E-state index in [1.807, 2.05) is 0 Å². The molecule has 0 unspecified atom stereocenters. The second-order valence-corrected chi connectivity index (χ2v) is 7.12. The summed E-state index contributed by atoms with van der Waals surface area (Å²) in [5, 5.41) is 0. The number of ether oxygens (including phenoxy) is 1.